The molecule has 0 amide bonds. The SMILES string of the molecule is CC(=O)CCC1CCC(O)CC1. The van der Waals surface area contributed by atoms with Crippen LogP contribution in [-0.2, 0) is 4.79 Å². The van der Waals surface area contributed by atoms with Crippen LogP contribution in [0, 0.1) is 5.92 Å². The fraction of sp³-hybridized carbons (Fsp3) is 0.900. The topological polar surface area (TPSA) is 37.3 Å². The van der Waals surface area contributed by atoms with E-state index < -0.39 is 0 Å². The summed E-state index contributed by atoms with van der Waals surface area (Å²) in [5.41, 5.74) is 0. The van der Waals surface area contributed by atoms with Crippen molar-refractivity contribution in [3.63, 3.8) is 0 Å². The first-order valence-electron chi connectivity index (χ1n) is 4.86. The Balaban J connectivity index is 2.13. The summed E-state index contributed by atoms with van der Waals surface area (Å²) >= 11 is 0. The van der Waals surface area contributed by atoms with Gasteiger partial charge in [0.05, 0.1) is 6.10 Å². The van der Waals surface area contributed by atoms with Gasteiger partial charge in [0.15, 0.2) is 0 Å². The first-order valence-corrected chi connectivity index (χ1v) is 4.86. The summed E-state index contributed by atoms with van der Waals surface area (Å²) in [5, 5.41) is 9.24. The van der Waals surface area contributed by atoms with Crippen LogP contribution in [0.4, 0.5) is 0 Å². The van der Waals surface area contributed by atoms with Gasteiger partial charge >= 0.3 is 0 Å². The Bertz CT molecular complexity index is 146. The number of rotatable bonds is 3. The largest absolute Gasteiger partial charge is 0.393 e. The van der Waals surface area contributed by atoms with Crippen LogP contribution in [0.25, 0.3) is 0 Å². The lowest BCUT2D eigenvalue weighted by Crippen LogP contribution is -2.18. The molecule has 0 saturated heterocycles. The molecule has 0 bridgehead atoms. The molecule has 0 spiro atoms. The standard InChI is InChI=1S/C10H18O2/c1-8(11)2-3-9-4-6-10(12)7-5-9/h9-10,12H,2-7H2,1H3. The smallest absolute Gasteiger partial charge is 0.129 e. The van der Waals surface area contributed by atoms with Crippen molar-refractivity contribution in [3.8, 4) is 0 Å². The van der Waals surface area contributed by atoms with Crippen molar-refractivity contribution < 1.29 is 9.90 Å². The van der Waals surface area contributed by atoms with E-state index >= 15 is 0 Å². The number of aliphatic hydroxyl groups is 1. The van der Waals surface area contributed by atoms with Crippen molar-refractivity contribution in [1.29, 1.82) is 0 Å². The molecule has 0 atom stereocenters. The molecule has 70 valence electrons. The molecule has 0 aromatic heterocycles. The highest BCUT2D eigenvalue weighted by Gasteiger charge is 2.18. The van der Waals surface area contributed by atoms with Gasteiger partial charge in [-0.3, -0.25) is 0 Å². The number of carbonyl (C=O) groups excluding carboxylic acids is 1. The van der Waals surface area contributed by atoms with Crippen LogP contribution in [0.15, 0.2) is 0 Å². The van der Waals surface area contributed by atoms with Crippen LogP contribution < -0.4 is 0 Å². The van der Waals surface area contributed by atoms with Gasteiger partial charge in [-0.25, -0.2) is 0 Å². The van der Waals surface area contributed by atoms with Crippen LogP contribution in [-0.4, -0.2) is 17.0 Å². The number of aliphatic hydroxyl groups excluding tert-OH is 1. The van der Waals surface area contributed by atoms with Crippen molar-refractivity contribution >= 4 is 5.78 Å². The summed E-state index contributed by atoms with van der Waals surface area (Å²) in [7, 11) is 0. The predicted octanol–water partition coefficient (Wildman–Crippen LogP) is 1.91. The molecule has 1 aliphatic carbocycles. The molecule has 12 heavy (non-hydrogen) atoms. The molecule has 0 unspecified atom stereocenters. The first kappa shape index (κ1) is 9.72. The van der Waals surface area contributed by atoms with Crippen molar-refractivity contribution in [2.75, 3.05) is 0 Å². The lowest BCUT2D eigenvalue weighted by Gasteiger charge is -2.24. The van der Waals surface area contributed by atoms with Crippen LogP contribution in [0.3, 0.4) is 0 Å². The number of hydrogen-bond acceptors (Lipinski definition) is 2. The molecule has 0 aromatic carbocycles. The van der Waals surface area contributed by atoms with Crippen LogP contribution in [0.5, 0.6) is 0 Å². The van der Waals surface area contributed by atoms with Crippen LogP contribution in [0.2, 0.25) is 0 Å². The summed E-state index contributed by atoms with van der Waals surface area (Å²) in [6, 6.07) is 0. The van der Waals surface area contributed by atoms with E-state index in [0.717, 1.165) is 38.5 Å². The second-order valence-electron chi connectivity index (χ2n) is 3.92. The summed E-state index contributed by atoms with van der Waals surface area (Å²) in [4.78, 5) is 10.7. The van der Waals surface area contributed by atoms with E-state index in [0.29, 0.717) is 11.7 Å². The molecular weight excluding hydrogens is 152 g/mol. The van der Waals surface area contributed by atoms with Gasteiger partial charge in [0, 0.05) is 6.42 Å². The molecule has 1 aliphatic rings. The minimum Gasteiger partial charge on any atom is -0.393 e. The van der Waals surface area contributed by atoms with Gasteiger partial charge < -0.3 is 9.90 Å². The lowest BCUT2D eigenvalue weighted by atomic mass is 9.84. The van der Waals surface area contributed by atoms with Crippen molar-refractivity contribution in [2.45, 2.75) is 51.6 Å². The Morgan fingerprint density at radius 1 is 1.33 bits per heavy atom. The van der Waals surface area contributed by atoms with E-state index in [-0.39, 0.29) is 6.10 Å². The second kappa shape index (κ2) is 4.61. The van der Waals surface area contributed by atoms with Gasteiger partial charge in [-0.05, 0) is 44.9 Å². The van der Waals surface area contributed by atoms with Crippen molar-refractivity contribution in [3.05, 3.63) is 0 Å². The van der Waals surface area contributed by atoms with E-state index in [9.17, 15) is 9.90 Å². The molecule has 0 aromatic rings. The zero-order valence-electron chi connectivity index (χ0n) is 7.75. The average Bonchev–Trinajstić information content (AvgIpc) is 2.03. The van der Waals surface area contributed by atoms with Crippen LogP contribution >= 0.6 is 0 Å². The Labute approximate surface area is 74.0 Å². The number of Topliss-reactive ketones (excluding diaryl/α,β-unsaturated/α-hetero) is 1. The molecule has 2 nitrogen and oxygen atoms in total. The summed E-state index contributed by atoms with van der Waals surface area (Å²) in [6.07, 6.45) is 5.76. The molecule has 0 heterocycles. The molecule has 2 heteroatoms. The quantitative estimate of drug-likeness (QED) is 0.702. The maximum Gasteiger partial charge on any atom is 0.129 e. The zero-order valence-corrected chi connectivity index (χ0v) is 7.75. The minimum atomic E-state index is -0.0708. The third kappa shape index (κ3) is 3.35. The second-order valence-corrected chi connectivity index (χ2v) is 3.92. The predicted molar refractivity (Wildman–Crippen MR) is 47.9 cm³/mol. The maximum atomic E-state index is 10.7. The van der Waals surface area contributed by atoms with Gasteiger partial charge in [-0.1, -0.05) is 0 Å². The number of ketones is 1. The highest BCUT2D eigenvalue weighted by atomic mass is 16.3. The molecule has 0 aliphatic heterocycles. The highest BCUT2D eigenvalue weighted by Crippen LogP contribution is 2.27. The van der Waals surface area contributed by atoms with Crippen molar-refractivity contribution in [2.24, 2.45) is 5.92 Å². The summed E-state index contributed by atoms with van der Waals surface area (Å²) in [5.74, 6) is 0.985. The van der Waals surface area contributed by atoms with Gasteiger partial charge in [0.25, 0.3) is 0 Å². The highest BCUT2D eigenvalue weighted by molar-refractivity contribution is 5.75. The fourth-order valence-electron chi connectivity index (χ4n) is 1.84. The zero-order chi connectivity index (χ0) is 8.97. The summed E-state index contributed by atoms with van der Waals surface area (Å²) < 4.78 is 0. The molecule has 1 N–H and O–H groups in total. The first-order chi connectivity index (χ1) is 5.68. The van der Waals surface area contributed by atoms with E-state index in [2.05, 4.69) is 0 Å². The maximum absolute atomic E-state index is 10.7. The van der Waals surface area contributed by atoms with E-state index in [1.165, 1.54) is 0 Å². The Kier molecular flexibility index (Phi) is 3.73. The summed E-state index contributed by atoms with van der Waals surface area (Å²) in [6.45, 7) is 1.65. The van der Waals surface area contributed by atoms with E-state index in [1.54, 1.807) is 6.92 Å². The van der Waals surface area contributed by atoms with Gasteiger partial charge in [0.2, 0.25) is 0 Å². The fourth-order valence-corrected chi connectivity index (χ4v) is 1.84. The number of hydrogen-bond donors (Lipinski definition) is 1. The normalized spacial score (nSPS) is 30.2. The molecule has 1 rings (SSSR count). The molecule has 1 fully saturated rings. The third-order valence-electron chi connectivity index (χ3n) is 2.72. The lowest BCUT2D eigenvalue weighted by molar-refractivity contribution is -0.117. The number of carbonyl (C=O) groups is 1. The minimum absolute atomic E-state index is 0.0708. The van der Waals surface area contributed by atoms with E-state index in [4.69, 9.17) is 0 Å². The Morgan fingerprint density at radius 2 is 1.92 bits per heavy atom. The van der Waals surface area contributed by atoms with Gasteiger partial charge in [-0.15, -0.1) is 0 Å². The van der Waals surface area contributed by atoms with E-state index in [1.807, 2.05) is 0 Å². The Morgan fingerprint density at radius 3 is 2.42 bits per heavy atom. The van der Waals surface area contributed by atoms with Gasteiger partial charge in [0.1, 0.15) is 5.78 Å². The average molecular weight is 170 g/mol. The third-order valence-corrected chi connectivity index (χ3v) is 2.72. The molecule has 0 radical (unpaired) electrons. The molecule has 1 saturated carbocycles. The van der Waals surface area contributed by atoms with Crippen LogP contribution in [0.1, 0.15) is 45.4 Å². The van der Waals surface area contributed by atoms with Crippen molar-refractivity contribution in [1.82, 2.24) is 0 Å². The molecular formula is C10H18O2. The van der Waals surface area contributed by atoms with Gasteiger partial charge in [-0.2, -0.15) is 0 Å². The Hall–Kier alpha value is -0.370. The monoisotopic (exact) mass is 170 g/mol.